The van der Waals surface area contributed by atoms with E-state index < -0.39 is 17.9 Å². The van der Waals surface area contributed by atoms with Crippen LogP contribution in [-0.4, -0.2) is 23.9 Å². The van der Waals surface area contributed by atoms with Gasteiger partial charge < -0.3 is 14.7 Å². The van der Waals surface area contributed by atoms with Crippen LogP contribution in [0.5, 0.6) is 5.75 Å². The van der Waals surface area contributed by atoms with E-state index in [0.29, 0.717) is 27.6 Å². The monoisotopic (exact) mass is 435 g/mol. The maximum absolute atomic E-state index is 13.4. The third-order valence-corrected chi connectivity index (χ3v) is 5.80. The highest BCUT2D eigenvalue weighted by molar-refractivity contribution is 6.31. The molecule has 5 nitrogen and oxygen atoms in total. The van der Waals surface area contributed by atoms with Crippen molar-refractivity contribution < 1.29 is 19.4 Å². The lowest BCUT2D eigenvalue weighted by Crippen LogP contribution is -2.41. The SMILES string of the molecule is COc1cccc(C(=O)CC2(O)C(=O)N(Cc3ccc(C)cc3)c3ccc(Cl)cc32)c1. The number of hydrogen-bond acceptors (Lipinski definition) is 4. The van der Waals surface area contributed by atoms with Gasteiger partial charge in [-0.3, -0.25) is 9.59 Å². The summed E-state index contributed by atoms with van der Waals surface area (Å²) in [5.74, 6) is -0.375. The van der Waals surface area contributed by atoms with E-state index in [4.69, 9.17) is 16.3 Å². The lowest BCUT2D eigenvalue weighted by molar-refractivity contribution is -0.136. The molecule has 31 heavy (non-hydrogen) atoms. The number of carbonyl (C=O) groups is 2. The molecule has 0 aliphatic carbocycles. The van der Waals surface area contributed by atoms with Crippen molar-refractivity contribution >= 4 is 29.0 Å². The molecule has 158 valence electrons. The number of nitrogens with zero attached hydrogens (tertiary/aromatic N) is 1. The molecule has 1 heterocycles. The van der Waals surface area contributed by atoms with E-state index in [1.54, 1.807) is 42.5 Å². The summed E-state index contributed by atoms with van der Waals surface area (Å²) >= 11 is 6.17. The maximum Gasteiger partial charge on any atom is 0.264 e. The first-order valence-electron chi connectivity index (χ1n) is 9.89. The summed E-state index contributed by atoms with van der Waals surface area (Å²) in [4.78, 5) is 27.9. The number of amides is 1. The zero-order chi connectivity index (χ0) is 22.2. The summed E-state index contributed by atoms with van der Waals surface area (Å²) in [6.45, 7) is 2.27. The molecule has 0 saturated carbocycles. The van der Waals surface area contributed by atoms with Crippen LogP contribution in [0.25, 0.3) is 0 Å². The van der Waals surface area contributed by atoms with Crippen LogP contribution >= 0.6 is 11.6 Å². The zero-order valence-electron chi connectivity index (χ0n) is 17.3. The molecule has 3 aromatic rings. The van der Waals surface area contributed by atoms with Gasteiger partial charge in [-0.2, -0.15) is 0 Å². The number of anilines is 1. The van der Waals surface area contributed by atoms with Gasteiger partial charge in [-0.05, 0) is 42.8 Å². The second kappa shape index (κ2) is 8.17. The number of carbonyl (C=O) groups excluding carboxylic acids is 2. The third kappa shape index (κ3) is 3.94. The highest BCUT2D eigenvalue weighted by atomic mass is 35.5. The van der Waals surface area contributed by atoms with Gasteiger partial charge >= 0.3 is 0 Å². The summed E-state index contributed by atoms with van der Waals surface area (Å²) in [6, 6.07) is 19.4. The predicted molar refractivity (Wildman–Crippen MR) is 120 cm³/mol. The average Bonchev–Trinajstić information content (AvgIpc) is 2.96. The number of aliphatic hydroxyl groups is 1. The summed E-state index contributed by atoms with van der Waals surface area (Å²) < 4.78 is 5.18. The van der Waals surface area contributed by atoms with Crippen LogP contribution in [0.4, 0.5) is 5.69 Å². The van der Waals surface area contributed by atoms with Crippen LogP contribution in [0.15, 0.2) is 66.7 Å². The number of aryl methyl sites for hydroxylation is 1. The lowest BCUT2D eigenvalue weighted by atomic mass is 9.88. The van der Waals surface area contributed by atoms with Gasteiger partial charge in [0.1, 0.15) is 5.75 Å². The lowest BCUT2D eigenvalue weighted by Gasteiger charge is -2.23. The van der Waals surface area contributed by atoms with Crippen molar-refractivity contribution in [2.45, 2.75) is 25.5 Å². The smallest absolute Gasteiger partial charge is 0.264 e. The van der Waals surface area contributed by atoms with Crippen molar-refractivity contribution in [2.24, 2.45) is 0 Å². The Bertz CT molecular complexity index is 1160. The van der Waals surface area contributed by atoms with Crippen molar-refractivity contribution in [1.29, 1.82) is 0 Å². The van der Waals surface area contributed by atoms with Crippen LogP contribution in [-0.2, 0) is 16.9 Å². The van der Waals surface area contributed by atoms with Crippen LogP contribution in [0.2, 0.25) is 5.02 Å². The number of ketones is 1. The van der Waals surface area contributed by atoms with E-state index in [0.717, 1.165) is 11.1 Å². The standard InChI is InChI=1S/C25H22ClNO4/c1-16-6-8-17(9-7-16)15-27-22-11-10-19(26)13-21(22)25(30,24(27)29)14-23(28)18-4-3-5-20(12-18)31-2/h3-13,30H,14-15H2,1-2H3. The van der Waals surface area contributed by atoms with Gasteiger partial charge in [0, 0.05) is 16.1 Å². The molecule has 1 N–H and O–H groups in total. The number of ether oxygens (including phenoxy) is 1. The maximum atomic E-state index is 13.4. The van der Waals surface area contributed by atoms with Gasteiger partial charge in [0.25, 0.3) is 5.91 Å². The molecule has 1 amide bonds. The quantitative estimate of drug-likeness (QED) is 0.571. The van der Waals surface area contributed by atoms with Gasteiger partial charge in [-0.15, -0.1) is 0 Å². The van der Waals surface area contributed by atoms with Crippen LogP contribution in [0, 0.1) is 6.92 Å². The summed E-state index contributed by atoms with van der Waals surface area (Å²) in [5, 5.41) is 11.9. The first-order chi connectivity index (χ1) is 14.8. The van der Waals surface area contributed by atoms with E-state index in [-0.39, 0.29) is 12.3 Å². The molecular formula is C25H22ClNO4. The van der Waals surface area contributed by atoms with E-state index >= 15 is 0 Å². The Morgan fingerprint density at radius 2 is 1.84 bits per heavy atom. The summed E-state index contributed by atoms with van der Waals surface area (Å²) in [6.07, 6.45) is -0.392. The molecule has 0 saturated heterocycles. The Morgan fingerprint density at radius 1 is 1.10 bits per heavy atom. The fourth-order valence-corrected chi connectivity index (χ4v) is 4.03. The minimum absolute atomic E-state index is 0.281. The number of hydrogen-bond donors (Lipinski definition) is 1. The first kappa shape index (κ1) is 21.1. The molecule has 0 fully saturated rings. The Kier molecular flexibility index (Phi) is 5.56. The molecule has 0 radical (unpaired) electrons. The second-order valence-corrected chi connectivity index (χ2v) is 8.17. The fourth-order valence-electron chi connectivity index (χ4n) is 3.86. The molecule has 0 aromatic heterocycles. The van der Waals surface area contributed by atoms with Gasteiger partial charge in [0.2, 0.25) is 0 Å². The number of benzene rings is 3. The highest BCUT2D eigenvalue weighted by Crippen LogP contribution is 2.44. The predicted octanol–water partition coefficient (Wildman–Crippen LogP) is 4.66. The van der Waals surface area contributed by atoms with E-state index in [1.165, 1.54) is 12.0 Å². The molecule has 1 aliphatic rings. The Balaban J connectivity index is 1.69. The largest absolute Gasteiger partial charge is 0.497 e. The number of Topliss-reactive ketones (excluding diaryl/α,β-unsaturated/α-hetero) is 1. The van der Waals surface area contributed by atoms with Crippen molar-refractivity contribution in [1.82, 2.24) is 0 Å². The average molecular weight is 436 g/mol. The van der Waals surface area contributed by atoms with Crippen molar-refractivity contribution in [2.75, 3.05) is 12.0 Å². The minimum Gasteiger partial charge on any atom is -0.497 e. The summed E-state index contributed by atoms with van der Waals surface area (Å²) in [7, 11) is 1.51. The Labute approximate surface area is 185 Å². The molecule has 0 spiro atoms. The van der Waals surface area contributed by atoms with Crippen molar-refractivity contribution in [3.8, 4) is 5.75 Å². The van der Waals surface area contributed by atoms with Crippen molar-refractivity contribution in [3.63, 3.8) is 0 Å². The van der Waals surface area contributed by atoms with Gasteiger partial charge in [0.15, 0.2) is 11.4 Å². The second-order valence-electron chi connectivity index (χ2n) is 7.73. The molecule has 0 bridgehead atoms. The van der Waals surface area contributed by atoms with E-state index in [2.05, 4.69) is 0 Å². The molecule has 1 aliphatic heterocycles. The number of rotatable bonds is 6. The number of fused-ring (bicyclic) bond motifs is 1. The van der Waals surface area contributed by atoms with E-state index in [9.17, 15) is 14.7 Å². The normalized spacial score (nSPS) is 17.5. The van der Waals surface area contributed by atoms with Gasteiger partial charge in [-0.1, -0.05) is 53.6 Å². The minimum atomic E-state index is -1.99. The fraction of sp³-hybridized carbons (Fsp3) is 0.200. The highest BCUT2D eigenvalue weighted by Gasteiger charge is 2.51. The molecular weight excluding hydrogens is 414 g/mol. The third-order valence-electron chi connectivity index (χ3n) is 5.56. The van der Waals surface area contributed by atoms with Crippen molar-refractivity contribution in [3.05, 3.63) is 94.0 Å². The van der Waals surface area contributed by atoms with Gasteiger partial charge in [0.05, 0.1) is 25.8 Å². The molecule has 4 rings (SSSR count). The number of halogens is 1. The topological polar surface area (TPSA) is 66.8 Å². The molecule has 3 aromatic carbocycles. The Morgan fingerprint density at radius 3 is 2.55 bits per heavy atom. The van der Waals surface area contributed by atoms with Gasteiger partial charge in [-0.25, -0.2) is 0 Å². The number of methoxy groups -OCH3 is 1. The van der Waals surface area contributed by atoms with Crippen LogP contribution < -0.4 is 9.64 Å². The first-order valence-corrected chi connectivity index (χ1v) is 10.3. The molecule has 6 heteroatoms. The molecule has 1 unspecified atom stereocenters. The van der Waals surface area contributed by atoms with Crippen LogP contribution in [0.1, 0.15) is 33.5 Å². The zero-order valence-corrected chi connectivity index (χ0v) is 18.0. The van der Waals surface area contributed by atoms with E-state index in [1.807, 2.05) is 31.2 Å². The molecule has 1 atom stereocenters. The summed E-state index contributed by atoms with van der Waals surface area (Å²) in [5.41, 5.74) is 1.29. The Hall–Kier alpha value is -3.15. The van der Waals surface area contributed by atoms with Crippen LogP contribution in [0.3, 0.4) is 0 Å².